The first-order valence-electron chi connectivity index (χ1n) is 37.4. The van der Waals surface area contributed by atoms with E-state index in [1.54, 1.807) is 38.1 Å². The normalized spacial score (nSPS) is 13.1. The van der Waals surface area contributed by atoms with Crippen molar-refractivity contribution < 1.29 is 77.6 Å². The summed E-state index contributed by atoms with van der Waals surface area (Å²) < 4.78 is 15.4. The number of hydrogen-bond acceptors (Lipinski definition) is 26. The van der Waals surface area contributed by atoms with Crippen LogP contribution in [0.1, 0.15) is 161 Å². The van der Waals surface area contributed by atoms with Crippen LogP contribution in [0, 0.1) is 19.5 Å². The Kier molecular flexibility index (Phi) is 68.3. The topological polar surface area (TPSA) is 267 Å². The fourth-order valence-corrected chi connectivity index (χ4v) is 12.4. The second-order valence-electron chi connectivity index (χ2n) is 23.3. The number of rotatable bonds is 33. The first kappa shape index (κ1) is 119. The van der Waals surface area contributed by atoms with Crippen LogP contribution >= 0.6 is 38.5 Å². The summed E-state index contributed by atoms with van der Waals surface area (Å²) in [7, 11) is 0. The Morgan fingerprint density at radius 2 is 0.466 bits per heavy atom. The van der Waals surface area contributed by atoms with Crippen LogP contribution in [-0.2, 0) is 169 Å². The Bertz CT molecular complexity index is 3810. The Morgan fingerprint density at radius 1 is 0.305 bits per heavy atom. The van der Waals surface area contributed by atoms with Crippen LogP contribution < -0.4 is 0 Å². The van der Waals surface area contributed by atoms with Crippen LogP contribution in [0.3, 0.4) is 0 Å². The third kappa shape index (κ3) is 43.4. The predicted molar refractivity (Wildman–Crippen MR) is 513 cm³/mol. The zero-order valence-electron chi connectivity index (χ0n) is 70.2. The van der Waals surface area contributed by atoms with Crippen molar-refractivity contribution in [1.82, 2.24) is 39.2 Å². The van der Waals surface area contributed by atoms with E-state index >= 15 is 0 Å². The van der Waals surface area contributed by atoms with Gasteiger partial charge in [-0.25, -0.2) is 4.39 Å². The van der Waals surface area contributed by atoms with E-state index in [4.69, 9.17) is 101 Å². The van der Waals surface area contributed by atoms with Crippen molar-refractivity contribution in [1.29, 1.82) is 0 Å². The van der Waals surface area contributed by atoms with E-state index in [1.165, 1.54) is 24.3 Å². The molecule has 0 aliphatic rings. The fraction of sp³-hybridized carbons (Fsp3) is 0.474. The van der Waals surface area contributed by atoms with Gasteiger partial charge in [-0.3, -0.25) is 10.1 Å². The minimum Gasteiger partial charge on any atom is -0.741 e. The van der Waals surface area contributed by atoms with E-state index in [2.05, 4.69) is 120 Å². The van der Waals surface area contributed by atoms with E-state index < -0.39 is 4.92 Å². The third-order valence-corrected chi connectivity index (χ3v) is 20.4. The van der Waals surface area contributed by atoms with Gasteiger partial charge in [0.15, 0.2) is 0 Å². The molecule has 0 aliphatic heterocycles. The number of hydrogen-bond donors (Lipinski definition) is 0. The molecule has 0 amide bonds. The largest absolute Gasteiger partial charge is 2.00 e. The SMILES string of the molecule is CCN(CC)C([S-])=NN=C(C)C(=NN=C([S-])N(CC)CC)c1ccc(Br)cc1.CCN(CC)C([S-])=NN=C(C)C(=NN=C([S-])N(CC)CC)c1ccc(F)cc1.CCN(CC)C([S-])=NN=C(C)C(=NN=C([S-])N(CC)CC)c1ccc(I)cc1.CCN(CC)C([S-])=NN=C(C)C(=NN=C([S-])N(CC)CC)c1ccc([N+](=O)[O-])cc1.[Cu+2].[Cu+2].[Cu+2].[Cu+2]. The first-order chi connectivity index (χ1) is 54.4. The number of amidine groups is 8. The zero-order valence-corrected chi connectivity index (χ0v) is 84.2. The van der Waals surface area contributed by atoms with E-state index in [9.17, 15) is 14.5 Å². The predicted octanol–water partition coefficient (Wildman–Crippen LogP) is 14.4. The molecule has 4 aromatic carbocycles. The summed E-state index contributed by atoms with van der Waals surface area (Å²) in [5.74, 6) is -0.333. The molecule has 4 radical (unpaired) electrons. The number of halogens is 3. The second kappa shape index (κ2) is 67.9. The fourth-order valence-electron chi connectivity index (χ4n) is 9.41. The van der Waals surface area contributed by atoms with Crippen molar-refractivity contribution in [3.8, 4) is 0 Å². The molecular formula is C76H108BrCu4FIN25O2S8. The average molecular weight is 2140 g/mol. The smallest absolute Gasteiger partial charge is 0.741 e. The summed E-state index contributed by atoms with van der Waals surface area (Å²) in [5.41, 5.74) is 7.33. The molecule has 0 saturated heterocycles. The molecule has 0 unspecified atom stereocenters. The van der Waals surface area contributed by atoms with Crippen molar-refractivity contribution in [2.75, 3.05) is 105 Å². The van der Waals surface area contributed by atoms with Crippen LogP contribution in [-0.4, -0.2) is 236 Å². The molecule has 662 valence electrons. The summed E-state index contributed by atoms with van der Waals surface area (Å²) in [6.07, 6.45) is 0. The molecule has 0 atom stereocenters. The number of non-ortho nitro benzene ring substituents is 1. The molecule has 0 aliphatic carbocycles. The van der Waals surface area contributed by atoms with Crippen LogP contribution in [0.2, 0.25) is 0 Å². The molecule has 0 spiro atoms. The number of nitro groups is 1. The molecule has 0 saturated carbocycles. The molecule has 4 aromatic rings. The van der Waals surface area contributed by atoms with Crippen molar-refractivity contribution in [3.63, 3.8) is 0 Å². The molecule has 0 aromatic heterocycles. The van der Waals surface area contributed by atoms with E-state index in [-0.39, 0.29) is 79.8 Å². The van der Waals surface area contributed by atoms with Gasteiger partial charge in [-0.1, -0.05) is 40.2 Å². The van der Waals surface area contributed by atoms with Gasteiger partial charge < -0.3 is 140 Å². The average Bonchev–Trinajstić information content (AvgIpc) is 0.862. The third-order valence-electron chi connectivity index (χ3n) is 16.4. The molecule has 0 fully saturated rings. The van der Waals surface area contributed by atoms with Crippen LogP contribution in [0.15, 0.2) is 183 Å². The van der Waals surface area contributed by atoms with Gasteiger partial charge in [0.2, 0.25) is 0 Å². The molecule has 4 rings (SSSR count). The van der Waals surface area contributed by atoms with Crippen LogP contribution in [0.25, 0.3) is 0 Å². The van der Waals surface area contributed by atoms with Gasteiger partial charge in [0.1, 0.15) is 28.7 Å². The summed E-state index contributed by atoms with van der Waals surface area (Å²) in [4.78, 5) is 26.0. The van der Waals surface area contributed by atoms with Gasteiger partial charge in [-0.2, -0.15) is 61.2 Å². The maximum absolute atomic E-state index is 13.3. The first-order valence-corrected chi connectivity index (χ1v) is 42.6. The van der Waals surface area contributed by atoms with Gasteiger partial charge in [0.25, 0.3) is 5.69 Å². The van der Waals surface area contributed by atoms with E-state index in [0.29, 0.717) is 111 Å². The standard InChI is InChI=1S/C19H29BrN6S2.C19H29FN6S2.C19H29IN6S2.C19H29N7O2S2.4Cu/c3*1-6-25(7-2)18(27)23-21-14(5)17(15-10-12-16(20)13-11-15)22-24-19(28)26(8-3)9-4;1-6-24(7-2)18(29)22-20-14(5)17(21-23-19(30)25(8-3)9-4)15-10-12-16(13-11-15)26(27)28;;;;/h3*10-13H,6-9H2,1-5H3,(H,23,27)(H,24,28);10-13H,6-9H2,1-5H3,(H,22,29)(H,23,30);;;;/q;;;;4*+2/p-8. The van der Waals surface area contributed by atoms with Gasteiger partial charge in [-0.15, -0.1) is 20.4 Å². The summed E-state index contributed by atoms with van der Waals surface area (Å²) in [6, 6.07) is 27.7. The van der Waals surface area contributed by atoms with Crippen LogP contribution in [0.5, 0.6) is 0 Å². The summed E-state index contributed by atoms with van der Waals surface area (Å²) in [6.45, 7) is 51.5. The van der Waals surface area contributed by atoms with E-state index in [0.717, 1.165) is 111 Å². The van der Waals surface area contributed by atoms with Gasteiger partial charge >= 0.3 is 68.3 Å². The molecular weight excluding hydrogens is 2030 g/mol. The second-order valence-corrected chi connectivity index (χ2v) is 28.4. The molecule has 42 heteroatoms. The number of nitro benzene ring substituents is 1. The molecule has 118 heavy (non-hydrogen) atoms. The van der Waals surface area contributed by atoms with E-state index in [1.807, 2.05) is 212 Å². The minimum atomic E-state index is -0.459. The van der Waals surface area contributed by atoms with Crippen molar-refractivity contribution >= 4 is 232 Å². The molecule has 0 N–H and O–H groups in total. The van der Waals surface area contributed by atoms with Crippen molar-refractivity contribution in [2.24, 2.45) is 81.6 Å². The number of nitrogens with zero attached hydrogens (tertiary/aromatic N) is 25. The Morgan fingerprint density at radius 3 is 0.644 bits per heavy atom. The monoisotopic (exact) mass is 2140 g/mol. The quantitative estimate of drug-likeness (QED) is 0.00815. The van der Waals surface area contributed by atoms with Crippen molar-refractivity contribution in [2.45, 2.75) is 138 Å². The van der Waals surface area contributed by atoms with Crippen LogP contribution in [0.4, 0.5) is 10.1 Å². The maximum Gasteiger partial charge on any atom is 2.00 e. The number of benzene rings is 4. The maximum atomic E-state index is 13.3. The minimum absolute atomic E-state index is 0. The van der Waals surface area contributed by atoms with Gasteiger partial charge in [0, 0.05) is 188 Å². The molecule has 0 bridgehead atoms. The molecule has 0 heterocycles. The Hall–Kier alpha value is -5.62. The van der Waals surface area contributed by atoms with Gasteiger partial charge in [0.05, 0.1) is 27.8 Å². The van der Waals surface area contributed by atoms with Gasteiger partial charge in [-0.05, 0) is 222 Å². The Balaban J connectivity index is -0.000000726. The summed E-state index contributed by atoms with van der Waals surface area (Å²) in [5, 5.41) is 82.2. The summed E-state index contributed by atoms with van der Waals surface area (Å²) >= 11 is 48.4. The Labute approximate surface area is 808 Å². The van der Waals surface area contributed by atoms with Crippen molar-refractivity contribution in [3.05, 3.63) is 143 Å². The zero-order chi connectivity index (χ0) is 86.0. The molecule has 27 nitrogen and oxygen atoms in total.